The topological polar surface area (TPSA) is 21.6 Å². The Morgan fingerprint density at radius 1 is 0.621 bits per heavy atom. The average molecular weight is 377 g/mol. The van der Waals surface area contributed by atoms with E-state index in [-0.39, 0.29) is 6.04 Å². The molecule has 4 aromatic carbocycles. The Hall–Kier alpha value is -3.65. The molecule has 0 heterocycles. The zero-order valence-corrected chi connectivity index (χ0v) is 16.2. The summed E-state index contributed by atoms with van der Waals surface area (Å²) in [5.41, 5.74) is 4.57. The van der Waals surface area contributed by atoms with Crippen molar-refractivity contribution in [2.45, 2.75) is 12.6 Å². The van der Waals surface area contributed by atoms with Gasteiger partial charge in [-0.2, -0.15) is 0 Å². The number of ether oxygens (including phenoxy) is 1. The second-order valence-electron chi connectivity index (χ2n) is 6.85. The van der Waals surface area contributed by atoms with Gasteiger partial charge in [0.25, 0.3) is 0 Å². The molecular formula is C27H23NO. The van der Waals surface area contributed by atoms with E-state index in [2.05, 4.69) is 60.7 Å². The minimum absolute atomic E-state index is 0.0218. The molecule has 0 saturated heterocycles. The zero-order valence-electron chi connectivity index (χ0n) is 16.2. The highest BCUT2D eigenvalue weighted by molar-refractivity contribution is 5.80. The van der Waals surface area contributed by atoms with Crippen molar-refractivity contribution in [2.24, 2.45) is 4.99 Å². The third-order valence-corrected chi connectivity index (χ3v) is 4.73. The molecule has 4 rings (SSSR count). The largest absolute Gasteiger partial charge is 0.489 e. The van der Waals surface area contributed by atoms with Crippen LogP contribution in [0.5, 0.6) is 5.75 Å². The lowest BCUT2D eigenvalue weighted by Crippen LogP contribution is -1.99. The lowest BCUT2D eigenvalue weighted by molar-refractivity contribution is 0.306. The van der Waals surface area contributed by atoms with Gasteiger partial charge in [-0.25, -0.2) is 0 Å². The summed E-state index contributed by atoms with van der Waals surface area (Å²) in [4.78, 5) is 4.89. The van der Waals surface area contributed by atoms with Crippen molar-refractivity contribution in [3.63, 3.8) is 0 Å². The number of aliphatic imine (C=N–C) groups is 1. The van der Waals surface area contributed by atoms with Gasteiger partial charge in [0.15, 0.2) is 0 Å². The summed E-state index contributed by atoms with van der Waals surface area (Å²) >= 11 is 0. The predicted octanol–water partition coefficient (Wildman–Crippen LogP) is 6.47. The van der Waals surface area contributed by atoms with E-state index in [1.54, 1.807) is 0 Å². The van der Waals surface area contributed by atoms with E-state index >= 15 is 0 Å². The van der Waals surface area contributed by atoms with Crippen LogP contribution in [0.15, 0.2) is 120 Å². The van der Waals surface area contributed by atoms with E-state index in [0.717, 1.165) is 16.9 Å². The van der Waals surface area contributed by atoms with Crippen LogP contribution in [0.25, 0.3) is 0 Å². The molecule has 2 heteroatoms. The van der Waals surface area contributed by atoms with Crippen LogP contribution in [0.4, 0.5) is 0 Å². The second kappa shape index (κ2) is 9.52. The first-order chi connectivity index (χ1) is 14.4. The van der Waals surface area contributed by atoms with Gasteiger partial charge in [-0.1, -0.05) is 91.0 Å². The van der Waals surface area contributed by atoms with Crippen molar-refractivity contribution < 1.29 is 4.74 Å². The third kappa shape index (κ3) is 5.20. The smallest absolute Gasteiger partial charge is 0.119 e. The van der Waals surface area contributed by atoms with E-state index in [1.165, 1.54) is 11.1 Å². The fraction of sp³-hybridized carbons (Fsp3) is 0.0741. The molecule has 0 aromatic heterocycles. The van der Waals surface area contributed by atoms with Crippen LogP contribution < -0.4 is 4.74 Å². The molecule has 0 unspecified atom stereocenters. The molecule has 142 valence electrons. The standard InChI is InChI=1S/C27H23NO/c1-4-10-23(11-5-1)21-29-26-18-16-22(17-19-26)20-28-27(24-12-6-2-7-13-24)25-14-8-3-9-15-25/h1-20,27H,21H2. The summed E-state index contributed by atoms with van der Waals surface area (Å²) in [6.07, 6.45) is 1.94. The Morgan fingerprint density at radius 2 is 1.14 bits per heavy atom. The maximum Gasteiger partial charge on any atom is 0.119 e. The van der Waals surface area contributed by atoms with Crippen molar-refractivity contribution in [1.82, 2.24) is 0 Å². The van der Waals surface area contributed by atoms with Crippen LogP contribution in [0.2, 0.25) is 0 Å². The van der Waals surface area contributed by atoms with Gasteiger partial charge < -0.3 is 4.74 Å². The number of rotatable bonds is 7. The maximum atomic E-state index is 5.87. The Bertz CT molecular complexity index is 987. The zero-order chi connectivity index (χ0) is 19.7. The molecule has 0 spiro atoms. The van der Waals surface area contributed by atoms with Gasteiger partial charge in [0.1, 0.15) is 12.4 Å². The van der Waals surface area contributed by atoms with Crippen LogP contribution in [-0.4, -0.2) is 6.21 Å². The van der Waals surface area contributed by atoms with Crippen LogP contribution in [0, 0.1) is 0 Å². The van der Waals surface area contributed by atoms with Gasteiger partial charge in [0.05, 0.1) is 6.04 Å². The first-order valence-electron chi connectivity index (χ1n) is 9.78. The summed E-state index contributed by atoms with van der Waals surface area (Å²) in [5, 5.41) is 0. The molecule has 4 aromatic rings. The number of nitrogens with zero attached hydrogens (tertiary/aromatic N) is 1. The van der Waals surface area contributed by atoms with Gasteiger partial charge in [-0.3, -0.25) is 4.99 Å². The van der Waals surface area contributed by atoms with Crippen molar-refractivity contribution >= 4 is 6.21 Å². The van der Waals surface area contributed by atoms with Gasteiger partial charge >= 0.3 is 0 Å². The van der Waals surface area contributed by atoms with Crippen LogP contribution in [0.3, 0.4) is 0 Å². The van der Waals surface area contributed by atoms with Crippen molar-refractivity contribution in [3.05, 3.63) is 138 Å². The predicted molar refractivity (Wildman–Crippen MR) is 120 cm³/mol. The lowest BCUT2D eigenvalue weighted by Gasteiger charge is -2.13. The molecule has 0 N–H and O–H groups in total. The van der Waals surface area contributed by atoms with E-state index in [9.17, 15) is 0 Å². The molecule has 0 aliphatic rings. The Balaban J connectivity index is 1.47. The maximum absolute atomic E-state index is 5.87. The van der Waals surface area contributed by atoms with E-state index in [0.29, 0.717) is 6.61 Å². The van der Waals surface area contributed by atoms with Gasteiger partial charge in [0.2, 0.25) is 0 Å². The highest BCUT2D eigenvalue weighted by Gasteiger charge is 2.11. The molecule has 29 heavy (non-hydrogen) atoms. The van der Waals surface area contributed by atoms with Gasteiger partial charge in [0, 0.05) is 6.21 Å². The number of benzene rings is 4. The van der Waals surface area contributed by atoms with Crippen LogP contribution in [-0.2, 0) is 6.61 Å². The van der Waals surface area contributed by atoms with Crippen LogP contribution >= 0.6 is 0 Å². The fourth-order valence-electron chi connectivity index (χ4n) is 3.19. The number of hydrogen-bond donors (Lipinski definition) is 0. The molecule has 0 saturated carbocycles. The quantitative estimate of drug-likeness (QED) is 0.338. The highest BCUT2D eigenvalue weighted by Crippen LogP contribution is 2.26. The van der Waals surface area contributed by atoms with Crippen molar-refractivity contribution in [1.29, 1.82) is 0 Å². The Kier molecular flexibility index (Phi) is 6.14. The molecule has 0 atom stereocenters. The molecule has 0 amide bonds. The molecule has 0 fully saturated rings. The first kappa shape index (κ1) is 18.7. The lowest BCUT2D eigenvalue weighted by atomic mass is 9.99. The summed E-state index contributed by atoms with van der Waals surface area (Å²) < 4.78 is 5.87. The molecule has 2 nitrogen and oxygen atoms in total. The van der Waals surface area contributed by atoms with E-state index in [4.69, 9.17) is 9.73 Å². The monoisotopic (exact) mass is 377 g/mol. The van der Waals surface area contributed by atoms with Gasteiger partial charge in [-0.15, -0.1) is 0 Å². The Morgan fingerprint density at radius 3 is 1.69 bits per heavy atom. The molecule has 0 bridgehead atoms. The Labute approximate surface area is 172 Å². The normalized spacial score (nSPS) is 11.1. The van der Waals surface area contributed by atoms with Crippen molar-refractivity contribution in [2.75, 3.05) is 0 Å². The van der Waals surface area contributed by atoms with E-state index in [1.807, 2.05) is 60.8 Å². The van der Waals surface area contributed by atoms with Gasteiger partial charge in [-0.05, 0) is 46.5 Å². The highest BCUT2D eigenvalue weighted by atomic mass is 16.5. The molecule has 0 aliphatic heterocycles. The third-order valence-electron chi connectivity index (χ3n) is 4.73. The molecule has 0 aliphatic carbocycles. The summed E-state index contributed by atoms with van der Waals surface area (Å²) in [5.74, 6) is 0.855. The summed E-state index contributed by atoms with van der Waals surface area (Å²) in [6.45, 7) is 0.568. The SMILES string of the molecule is C(=NC(c1ccccc1)c1ccccc1)c1ccc(OCc2ccccc2)cc1. The second-order valence-corrected chi connectivity index (χ2v) is 6.85. The molecular weight excluding hydrogens is 354 g/mol. The first-order valence-corrected chi connectivity index (χ1v) is 9.78. The average Bonchev–Trinajstić information content (AvgIpc) is 2.81. The minimum Gasteiger partial charge on any atom is -0.489 e. The molecule has 0 radical (unpaired) electrons. The number of hydrogen-bond acceptors (Lipinski definition) is 2. The minimum atomic E-state index is -0.0218. The van der Waals surface area contributed by atoms with Crippen molar-refractivity contribution in [3.8, 4) is 5.75 Å². The van der Waals surface area contributed by atoms with Crippen LogP contribution in [0.1, 0.15) is 28.3 Å². The van der Waals surface area contributed by atoms with E-state index < -0.39 is 0 Å². The summed E-state index contributed by atoms with van der Waals surface area (Å²) in [7, 11) is 0. The summed E-state index contributed by atoms with van der Waals surface area (Å²) in [6, 6.07) is 39.0. The fourth-order valence-corrected chi connectivity index (χ4v) is 3.19.